The summed E-state index contributed by atoms with van der Waals surface area (Å²) in [5.41, 5.74) is 0.602. The van der Waals surface area contributed by atoms with Crippen molar-refractivity contribution in [3.8, 4) is 5.75 Å². The average Bonchev–Trinajstić information content (AvgIpc) is 2.52. The second-order valence-electron chi connectivity index (χ2n) is 5.20. The van der Waals surface area contributed by atoms with E-state index >= 15 is 0 Å². The van der Waals surface area contributed by atoms with Crippen LogP contribution >= 0.6 is 15.9 Å². The van der Waals surface area contributed by atoms with E-state index in [0.29, 0.717) is 30.6 Å². The lowest BCUT2D eigenvalue weighted by atomic mass is 10.3. The van der Waals surface area contributed by atoms with E-state index in [0.717, 1.165) is 17.3 Å². The molecule has 0 fully saturated rings. The summed E-state index contributed by atoms with van der Waals surface area (Å²) in [6, 6.07) is 4.57. The van der Waals surface area contributed by atoms with Gasteiger partial charge in [-0.2, -0.15) is 4.98 Å². The van der Waals surface area contributed by atoms with Crippen LogP contribution in [-0.2, 0) is 10.0 Å². The molecule has 128 valence electrons. The third-order valence-electron chi connectivity index (χ3n) is 3.37. The first-order valence-electron chi connectivity index (χ1n) is 7.26. The van der Waals surface area contributed by atoms with E-state index in [9.17, 15) is 8.42 Å². The minimum Gasteiger partial charge on any atom is -0.492 e. The number of hydrogen-bond acceptors (Lipinski definition) is 7. The van der Waals surface area contributed by atoms with Gasteiger partial charge >= 0.3 is 0 Å². The minimum atomic E-state index is -3.86. The highest BCUT2D eigenvalue weighted by Gasteiger charge is 2.17. The zero-order valence-corrected chi connectivity index (χ0v) is 15.0. The van der Waals surface area contributed by atoms with Crippen LogP contribution in [0, 0.1) is 0 Å². The molecule has 24 heavy (non-hydrogen) atoms. The number of nitrogens with two attached hydrogens (primary N) is 1. The summed E-state index contributed by atoms with van der Waals surface area (Å²) in [7, 11) is -3.86. The molecule has 2 heterocycles. The summed E-state index contributed by atoms with van der Waals surface area (Å²) in [4.78, 5) is 8.55. The van der Waals surface area contributed by atoms with Crippen LogP contribution in [0.4, 0.5) is 17.5 Å². The van der Waals surface area contributed by atoms with Gasteiger partial charge in [-0.1, -0.05) is 0 Å². The van der Waals surface area contributed by atoms with Crippen molar-refractivity contribution in [2.75, 3.05) is 23.8 Å². The molecule has 0 amide bonds. The van der Waals surface area contributed by atoms with Crippen LogP contribution in [-0.4, -0.2) is 31.5 Å². The first kappa shape index (κ1) is 16.9. The van der Waals surface area contributed by atoms with E-state index in [2.05, 4.69) is 36.5 Å². The van der Waals surface area contributed by atoms with Crippen molar-refractivity contribution in [3.05, 3.63) is 28.9 Å². The molecule has 1 aliphatic rings. The zero-order valence-electron chi connectivity index (χ0n) is 12.6. The van der Waals surface area contributed by atoms with Gasteiger partial charge in [0.25, 0.3) is 0 Å². The van der Waals surface area contributed by atoms with Gasteiger partial charge in [0.05, 0.1) is 11.1 Å². The summed E-state index contributed by atoms with van der Waals surface area (Å²) >= 11 is 3.41. The highest BCUT2D eigenvalue weighted by Crippen LogP contribution is 2.29. The lowest BCUT2D eigenvalue weighted by molar-refractivity contribution is 0.301. The third-order valence-corrected chi connectivity index (χ3v) is 4.90. The number of nitrogens with one attached hydrogen (secondary N) is 2. The number of fused-ring (bicyclic) bond motifs is 4. The Hall–Kier alpha value is -1.91. The molecule has 10 heteroatoms. The number of nitrogens with zero attached hydrogens (tertiary/aromatic N) is 2. The van der Waals surface area contributed by atoms with Gasteiger partial charge in [0.15, 0.2) is 0 Å². The molecule has 1 aliphatic heterocycles. The summed E-state index contributed by atoms with van der Waals surface area (Å²) in [6.45, 7) is 1.09. The molecule has 1 aromatic carbocycles. The molecule has 0 radical (unpaired) electrons. The van der Waals surface area contributed by atoms with E-state index < -0.39 is 10.0 Å². The minimum absolute atomic E-state index is 0.0431. The number of rotatable bonds is 1. The average molecular weight is 414 g/mol. The quantitative estimate of drug-likeness (QED) is 0.655. The van der Waals surface area contributed by atoms with Crippen LogP contribution in [0.5, 0.6) is 5.75 Å². The van der Waals surface area contributed by atoms with Crippen LogP contribution < -0.4 is 20.5 Å². The van der Waals surface area contributed by atoms with Crippen LogP contribution in [0.15, 0.2) is 33.8 Å². The van der Waals surface area contributed by atoms with Gasteiger partial charge in [-0.15, -0.1) is 0 Å². The second kappa shape index (κ2) is 6.91. The Bertz CT molecular complexity index is 859. The normalized spacial score (nSPS) is 14.9. The summed E-state index contributed by atoms with van der Waals surface area (Å²) in [6.07, 6.45) is 3.24. The Kier molecular flexibility index (Phi) is 4.88. The van der Waals surface area contributed by atoms with Crippen LogP contribution in [0.1, 0.15) is 12.8 Å². The second-order valence-corrected chi connectivity index (χ2v) is 7.59. The largest absolute Gasteiger partial charge is 0.492 e. The molecule has 0 spiro atoms. The fourth-order valence-electron chi connectivity index (χ4n) is 2.23. The lowest BCUT2D eigenvalue weighted by Crippen LogP contribution is -2.14. The maximum absolute atomic E-state index is 11.7. The number of primary sulfonamides is 1. The van der Waals surface area contributed by atoms with Crippen LogP contribution in [0.2, 0.25) is 0 Å². The Morgan fingerprint density at radius 1 is 1.29 bits per heavy atom. The van der Waals surface area contributed by atoms with Crippen LogP contribution in [0.3, 0.4) is 0 Å². The lowest BCUT2D eigenvalue weighted by Gasteiger charge is -2.12. The molecule has 3 rings (SSSR count). The smallest absolute Gasteiger partial charge is 0.241 e. The van der Waals surface area contributed by atoms with E-state index in [1.807, 2.05) is 0 Å². The Morgan fingerprint density at radius 3 is 2.92 bits per heavy atom. The Labute approximate surface area is 148 Å². The summed E-state index contributed by atoms with van der Waals surface area (Å²) in [5.74, 6) is 1.29. The number of ether oxygens (including phenoxy) is 1. The van der Waals surface area contributed by atoms with E-state index in [1.54, 1.807) is 18.3 Å². The standard InChI is InChI=1S/C14H16BrN5O3S/c15-10-8-18-14-19-9-3-4-12(24(16,21)22)11(7-9)23-6-2-1-5-17-13(10)20-14/h3-4,7-8H,1-2,5-6H2,(H2,16,21,22)(H2,17,18,19,20). The summed E-state index contributed by atoms with van der Waals surface area (Å²) in [5, 5.41) is 11.5. The van der Waals surface area contributed by atoms with Gasteiger partial charge in [0.1, 0.15) is 16.5 Å². The highest BCUT2D eigenvalue weighted by molar-refractivity contribution is 9.10. The SMILES string of the molecule is NS(=O)(=O)c1ccc2cc1OCCCCNc1nc(ncc1Br)N2. The number of hydrogen-bond donors (Lipinski definition) is 3. The van der Waals surface area contributed by atoms with Crippen molar-refractivity contribution in [3.63, 3.8) is 0 Å². The fraction of sp³-hybridized carbons (Fsp3) is 0.286. The van der Waals surface area contributed by atoms with Crippen LogP contribution in [0.25, 0.3) is 0 Å². The molecule has 0 saturated heterocycles. The molecule has 4 N–H and O–H groups in total. The molecule has 4 bridgehead atoms. The number of halogens is 1. The third kappa shape index (κ3) is 3.94. The number of benzene rings is 1. The molecule has 0 unspecified atom stereocenters. The number of aromatic nitrogens is 2. The summed E-state index contributed by atoms with van der Waals surface area (Å²) < 4.78 is 29.8. The fourth-order valence-corrected chi connectivity index (χ4v) is 3.22. The Morgan fingerprint density at radius 2 is 2.12 bits per heavy atom. The first-order chi connectivity index (χ1) is 11.4. The maximum Gasteiger partial charge on any atom is 0.241 e. The predicted octanol–water partition coefficient (Wildman–Crippen LogP) is 2.21. The van der Waals surface area contributed by atoms with Crippen molar-refractivity contribution in [2.45, 2.75) is 17.7 Å². The molecule has 0 atom stereocenters. The molecule has 8 nitrogen and oxygen atoms in total. The van der Waals surface area contributed by atoms with E-state index in [4.69, 9.17) is 9.88 Å². The molecule has 2 aromatic rings. The molecule has 0 aliphatic carbocycles. The molecule has 1 aromatic heterocycles. The van der Waals surface area contributed by atoms with Crippen molar-refractivity contribution >= 4 is 43.4 Å². The van der Waals surface area contributed by atoms with Gasteiger partial charge in [-0.25, -0.2) is 18.5 Å². The van der Waals surface area contributed by atoms with Crippen molar-refractivity contribution in [2.24, 2.45) is 5.14 Å². The maximum atomic E-state index is 11.7. The topological polar surface area (TPSA) is 119 Å². The molecular formula is C14H16BrN5O3S. The predicted molar refractivity (Wildman–Crippen MR) is 94.0 cm³/mol. The highest BCUT2D eigenvalue weighted by atomic mass is 79.9. The number of sulfonamides is 1. The van der Waals surface area contributed by atoms with E-state index in [-0.39, 0.29) is 10.6 Å². The van der Waals surface area contributed by atoms with Gasteiger partial charge in [0, 0.05) is 24.5 Å². The molecular weight excluding hydrogens is 398 g/mol. The van der Waals surface area contributed by atoms with E-state index in [1.165, 1.54) is 6.07 Å². The Balaban J connectivity index is 2.01. The van der Waals surface area contributed by atoms with Gasteiger partial charge < -0.3 is 15.4 Å². The number of anilines is 3. The van der Waals surface area contributed by atoms with Crippen molar-refractivity contribution in [1.29, 1.82) is 0 Å². The van der Waals surface area contributed by atoms with Crippen molar-refractivity contribution in [1.82, 2.24) is 9.97 Å². The monoisotopic (exact) mass is 413 g/mol. The molecule has 0 saturated carbocycles. The van der Waals surface area contributed by atoms with Gasteiger partial charge in [-0.05, 0) is 40.9 Å². The first-order valence-corrected chi connectivity index (χ1v) is 9.60. The van der Waals surface area contributed by atoms with Gasteiger partial charge in [0.2, 0.25) is 16.0 Å². The zero-order chi connectivity index (χ0) is 17.2. The van der Waals surface area contributed by atoms with Crippen molar-refractivity contribution < 1.29 is 13.2 Å². The van der Waals surface area contributed by atoms with Gasteiger partial charge in [-0.3, -0.25) is 0 Å².